The molecule has 0 spiro atoms. The molecule has 0 aliphatic heterocycles. The van der Waals surface area contributed by atoms with Gasteiger partial charge in [-0.2, -0.15) is 0 Å². The zero-order valence-corrected chi connectivity index (χ0v) is 14.0. The molecule has 1 amide bonds. The van der Waals surface area contributed by atoms with Crippen molar-refractivity contribution in [3.8, 4) is 0 Å². The number of hydrogen-bond acceptors (Lipinski definition) is 4. The maximum absolute atomic E-state index is 12.2. The minimum Gasteiger partial charge on any atom is -0.488 e. The highest BCUT2D eigenvalue weighted by Crippen LogP contribution is 2.12. The third-order valence-corrected chi connectivity index (χ3v) is 3.28. The van der Waals surface area contributed by atoms with E-state index in [1.165, 1.54) is 6.08 Å². The number of hydrogen-bond donors (Lipinski definition) is 1. The largest absolute Gasteiger partial charge is 0.488 e. The Bertz CT molecular complexity index is 712. The molecule has 0 aliphatic rings. The van der Waals surface area contributed by atoms with Crippen molar-refractivity contribution in [2.24, 2.45) is 0 Å². The highest BCUT2D eigenvalue weighted by Gasteiger charge is 2.14. The molecule has 1 aromatic carbocycles. The van der Waals surface area contributed by atoms with Gasteiger partial charge in [0, 0.05) is 22.3 Å². The Morgan fingerprint density at radius 3 is 2.57 bits per heavy atom. The number of pyridine rings is 1. The fourth-order valence-corrected chi connectivity index (χ4v) is 2.00. The van der Waals surface area contributed by atoms with Crippen LogP contribution in [0.15, 0.2) is 65.0 Å². The fourth-order valence-electron chi connectivity index (χ4n) is 1.76. The van der Waals surface area contributed by atoms with E-state index < -0.39 is 5.91 Å². The molecule has 1 N–H and O–H groups in total. The number of allylic oxidation sites excluding steroid dienone is 1. The lowest BCUT2D eigenvalue weighted by Gasteiger charge is -2.09. The van der Waals surface area contributed by atoms with E-state index in [0.29, 0.717) is 11.4 Å². The average Bonchev–Trinajstić information content (AvgIpc) is 2.57. The van der Waals surface area contributed by atoms with E-state index in [1.54, 1.807) is 49.5 Å². The third-order valence-electron chi connectivity index (χ3n) is 2.81. The number of nitrogens with one attached hydrogen (secondary N) is 1. The Hall–Kier alpha value is -2.47. The summed E-state index contributed by atoms with van der Waals surface area (Å²) in [5, 5.41) is 2.59. The number of carbonyl (C=O) groups excluding carboxylic acids is 2. The van der Waals surface area contributed by atoms with Crippen LogP contribution in [-0.4, -0.2) is 23.3 Å². The van der Waals surface area contributed by atoms with Crippen molar-refractivity contribution in [1.82, 2.24) is 4.98 Å². The molecule has 0 unspecified atom stereocenters. The van der Waals surface area contributed by atoms with Gasteiger partial charge in [0.1, 0.15) is 5.82 Å². The molecule has 23 heavy (non-hydrogen) atoms. The van der Waals surface area contributed by atoms with Gasteiger partial charge in [-0.15, -0.1) is 0 Å². The van der Waals surface area contributed by atoms with E-state index in [4.69, 9.17) is 4.74 Å². The molecule has 0 saturated carbocycles. The molecular weight excluding hydrogens is 360 g/mol. The predicted molar refractivity (Wildman–Crippen MR) is 91.0 cm³/mol. The Morgan fingerprint density at radius 2 is 1.96 bits per heavy atom. The third kappa shape index (κ3) is 5.03. The van der Waals surface area contributed by atoms with E-state index in [1.807, 2.05) is 6.07 Å². The van der Waals surface area contributed by atoms with Gasteiger partial charge < -0.3 is 10.1 Å². The van der Waals surface area contributed by atoms with Gasteiger partial charge in [0.05, 0.1) is 6.61 Å². The van der Waals surface area contributed by atoms with E-state index in [2.05, 4.69) is 26.2 Å². The van der Waals surface area contributed by atoms with E-state index >= 15 is 0 Å². The number of ketones is 1. The number of aromatic nitrogens is 1. The first kappa shape index (κ1) is 16.9. The van der Waals surface area contributed by atoms with Crippen molar-refractivity contribution in [2.75, 3.05) is 11.9 Å². The summed E-state index contributed by atoms with van der Waals surface area (Å²) in [5.74, 6) is -0.499. The number of halogens is 1. The van der Waals surface area contributed by atoms with Gasteiger partial charge in [-0.25, -0.2) is 4.98 Å². The minimum atomic E-state index is -0.522. The maximum atomic E-state index is 12.2. The van der Waals surface area contributed by atoms with Gasteiger partial charge in [-0.3, -0.25) is 9.59 Å². The number of rotatable bonds is 6. The Labute approximate surface area is 142 Å². The van der Waals surface area contributed by atoms with Gasteiger partial charge in [0.2, 0.25) is 0 Å². The van der Waals surface area contributed by atoms with Crippen molar-refractivity contribution in [2.45, 2.75) is 6.92 Å². The summed E-state index contributed by atoms with van der Waals surface area (Å²) in [6.45, 7) is 2.01. The van der Waals surface area contributed by atoms with Crippen LogP contribution in [0.4, 0.5) is 5.82 Å². The summed E-state index contributed by atoms with van der Waals surface area (Å²) in [7, 11) is 0. The SMILES string of the molecule is CCOC(=CC(=O)c1ccccc1)C(=O)Nc1ccc(Br)cn1. The predicted octanol–water partition coefficient (Wildman–Crippen LogP) is 3.59. The molecule has 1 heterocycles. The smallest absolute Gasteiger partial charge is 0.292 e. The lowest BCUT2D eigenvalue weighted by molar-refractivity contribution is -0.116. The normalized spacial score (nSPS) is 11.0. The molecule has 118 valence electrons. The summed E-state index contributed by atoms with van der Waals surface area (Å²) >= 11 is 3.27. The zero-order chi connectivity index (χ0) is 16.7. The van der Waals surface area contributed by atoms with E-state index in [0.717, 1.165) is 4.47 Å². The second-order valence-electron chi connectivity index (χ2n) is 4.49. The van der Waals surface area contributed by atoms with Gasteiger partial charge in [0.25, 0.3) is 5.91 Å². The lowest BCUT2D eigenvalue weighted by atomic mass is 10.1. The number of amides is 1. The zero-order valence-electron chi connectivity index (χ0n) is 12.5. The van der Waals surface area contributed by atoms with Crippen molar-refractivity contribution < 1.29 is 14.3 Å². The fraction of sp³-hybridized carbons (Fsp3) is 0.118. The van der Waals surface area contributed by atoms with Crippen LogP contribution in [-0.2, 0) is 9.53 Å². The summed E-state index contributed by atoms with van der Waals surface area (Å²) < 4.78 is 6.08. The van der Waals surface area contributed by atoms with Crippen LogP contribution < -0.4 is 5.32 Å². The van der Waals surface area contributed by atoms with E-state index in [-0.39, 0.29) is 18.1 Å². The number of benzene rings is 1. The molecule has 6 heteroatoms. The Kier molecular flexibility index (Phi) is 6.05. The minimum absolute atomic E-state index is 0.0499. The average molecular weight is 375 g/mol. The van der Waals surface area contributed by atoms with Crippen LogP contribution in [0.3, 0.4) is 0 Å². The van der Waals surface area contributed by atoms with Crippen molar-refractivity contribution in [1.29, 1.82) is 0 Å². The summed E-state index contributed by atoms with van der Waals surface area (Å²) in [4.78, 5) is 28.5. The monoisotopic (exact) mass is 374 g/mol. The van der Waals surface area contributed by atoms with E-state index in [9.17, 15) is 9.59 Å². The molecule has 2 aromatic rings. The first-order chi connectivity index (χ1) is 11.1. The molecule has 0 saturated heterocycles. The quantitative estimate of drug-likeness (QED) is 0.476. The second kappa shape index (κ2) is 8.24. The number of carbonyl (C=O) groups is 2. The van der Waals surface area contributed by atoms with Crippen molar-refractivity contribution in [3.05, 3.63) is 70.5 Å². The van der Waals surface area contributed by atoms with Crippen LogP contribution in [0.5, 0.6) is 0 Å². The van der Waals surface area contributed by atoms with Crippen LogP contribution in [0.2, 0.25) is 0 Å². The number of ether oxygens (including phenoxy) is 1. The Balaban J connectivity index is 2.16. The first-order valence-electron chi connectivity index (χ1n) is 6.97. The van der Waals surface area contributed by atoms with Crippen molar-refractivity contribution in [3.63, 3.8) is 0 Å². The molecule has 2 rings (SSSR count). The lowest BCUT2D eigenvalue weighted by Crippen LogP contribution is -2.18. The molecule has 5 nitrogen and oxygen atoms in total. The molecule has 0 bridgehead atoms. The summed E-state index contributed by atoms with van der Waals surface area (Å²) in [6, 6.07) is 12.1. The molecule has 0 aliphatic carbocycles. The summed E-state index contributed by atoms with van der Waals surface area (Å²) in [6.07, 6.45) is 2.75. The van der Waals surface area contributed by atoms with Crippen LogP contribution in [0, 0.1) is 0 Å². The number of nitrogens with zero attached hydrogens (tertiary/aromatic N) is 1. The van der Waals surface area contributed by atoms with Gasteiger partial charge in [-0.05, 0) is 35.0 Å². The molecule has 0 fully saturated rings. The van der Waals surface area contributed by atoms with Crippen LogP contribution >= 0.6 is 15.9 Å². The Morgan fingerprint density at radius 1 is 1.22 bits per heavy atom. The highest BCUT2D eigenvalue weighted by molar-refractivity contribution is 9.10. The molecule has 0 atom stereocenters. The standard InChI is InChI=1S/C17H15BrN2O3/c1-2-23-15(10-14(21)12-6-4-3-5-7-12)17(22)20-16-9-8-13(18)11-19-16/h3-11H,2H2,1H3,(H,19,20,22). The van der Waals surface area contributed by atoms with Crippen molar-refractivity contribution >= 4 is 33.4 Å². The molecule has 1 aromatic heterocycles. The molecule has 0 radical (unpaired) electrons. The highest BCUT2D eigenvalue weighted by atomic mass is 79.9. The maximum Gasteiger partial charge on any atom is 0.292 e. The van der Waals surface area contributed by atoms with Crippen LogP contribution in [0.25, 0.3) is 0 Å². The van der Waals surface area contributed by atoms with Gasteiger partial charge >= 0.3 is 0 Å². The topological polar surface area (TPSA) is 68.3 Å². The summed E-state index contributed by atoms with van der Waals surface area (Å²) in [5.41, 5.74) is 0.485. The molecular formula is C17H15BrN2O3. The first-order valence-corrected chi connectivity index (χ1v) is 7.76. The second-order valence-corrected chi connectivity index (χ2v) is 5.40. The van der Waals surface area contributed by atoms with Crippen LogP contribution in [0.1, 0.15) is 17.3 Å². The van der Waals surface area contributed by atoms with Gasteiger partial charge in [-0.1, -0.05) is 30.3 Å². The number of anilines is 1. The van der Waals surface area contributed by atoms with Gasteiger partial charge in [0.15, 0.2) is 11.5 Å².